The molecule has 1 saturated heterocycles. The molecule has 4 rings (SSSR count). The molecule has 0 bridgehead atoms. The Hall–Kier alpha value is -2.78. The second kappa shape index (κ2) is 8.63. The number of aliphatic hydroxyl groups excluding tert-OH is 1. The molecule has 1 unspecified atom stereocenters. The number of nitrogens with zero attached hydrogens (tertiary/aromatic N) is 2. The first-order chi connectivity index (χ1) is 15.1. The molecule has 2 aromatic carbocycles. The van der Waals surface area contributed by atoms with E-state index in [9.17, 15) is 32.3 Å². The summed E-state index contributed by atoms with van der Waals surface area (Å²) in [5.41, 5.74) is -0.0703. The van der Waals surface area contributed by atoms with Crippen LogP contribution in [0.1, 0.15) is 50.6 Å². The first kappa shape index (κ1) is 22.4. The summed E-state index contributed by atoms with van der Waals surface area (Å²) in [7, 11) is 0. The fourth-order valence-corrected chi connectivity index (χ4v) is 4.40. The smallest absolute Gasteiger partial charge is 0.392 e. The van der Waals surface area contributed by atoms with Crippen LogP contribution in [0.15, 0.2) is 42.5 Å². The average molecular weight is 450 g/mol. The summed E-state index contributed by atoms with van der Waals surface area (Å²) < 4.78 is 52.5. The van der Waals surface area contributed by atoms with E-state index < -0.39 is 23.7 Å². The number of β-amino-alcohol motifs (C(OH)–C–C–N with tert-alkyl or cyclic N) is 1. The zero-order valence-electron chi connectivity index (χ0n) is 17.1. The number of aliphatic hydroxyl groups is 1. The molecular weight excluding hydrogens is 428 g/mol. The van der Waals surface area contributed by atoms with Gasteiger partial charge in [-0.15, -0.1) is 0 Å². The van der Waals surface area contributed by atoms with Crippen LogP contribution in [0.5, 0.6) is 0 Å². The topological polar surface area (TPSA) is 60.9 Å². The lowest BCUT2D eigenvalue weighted by molar-refractivity contribution is -0.137. The van der Waals surface area contributed by atoms with Crippen LogP contribution in [-0.2, 0) is 6.18 Å². The SMILES string of the molecule is O=C1c2ccccc2C(=O)N1CC[C@@H](O)CN1CCC(c2ccc(C(F)(F)F)cc2F)C1. The van der Waals surface area contributed by atoms with Crippen LogP contribution < -0.4 is 0 Å². The van der Waals surface area contributed by atoms with Crippen molar-refractivity contribution in [2.24, 2.45) is 0 Å². The first-order valence-corrected chi connectivity index (χ1v) is 10.4. The molecule has 2 aromatic rings. The van der Waals surface area contributed by atoms with Gasteiger partial charge in [-0.2, -0.15) is 13.2 Å². The molecule has 2 amide bonds. The molecular formula is C23H22F4N2O3. The summed E-state index contributed by atoms with van der Waals surface area (Å²) in [5.74, 6) is -1.90. The van der Waals surface area contributed by atoms with Crippen molar-refractivity contribution in [3.05, 3.63) is 70.5 Å². The Labute approximate surface area is 182 Å². The Morgan fingerprint density at radius 2 is 1.72 bits per heavy atom. The van der Waals surface area contributed by atoms with Crippen LogP contribution in [0.25, 0.3) is 0 Å². The first-order valence-electron chi connectivity index (χ1n) is 10.4. The maximum absolute atomic E-state index is 14.3. The third-order valence-electron chi connectivity index (χ3n) is 6.07. The Kier molecular flexibility index (Phi) is 6.05. The average Bonchev–Trinajstić information content (AvgIpc) is 3.29. The van der Waals surface area contributed by atoms with E-state index in [0.717, 1.165) is 11.0 Å². The molecule has 2 aliphatic rings. The maximum Gasteiger partial charge on any atom is 0.416 e. The van der Waals surface area contributed by atoms with Gasteiger partial charge in [0.2, 0.25) is 0 Å². The molecule has 1 N–H and O–H groups in total. The van der Waals surface area contributed by atoms with Crippen LogP contribution in [0.4, 0.5) is 17.6 Å². The monoisotopic (exact) mass is 450 g/mol. The van der Waals surface area contributed by atoms with Gasteiger partial charge in [0.05, 0.1) is 22.8 Å². The number of fused-ring (bicyclic) bond motifs is 1. The van der Waals surface area contributed by atoms with Crippen LogP contribution in [0.3, 0.4) is 0 Å². The third-order valence-corrected chi connectivity index (χ3v) is 6.07. The molecule has 0 spiro atoms. The summed E-state index contributed by atoms with van der Waals surface area (Å²) in [6, 6.07) is 9.16. The second-order valence-corrected chi connectivity index (χ2v) is 8.23. The summed E-state index contributed by atoms with van der Waals surface area (Å²) in [6.07, 6.45) is -4.64. The number of amides is 2. The number of halogens is 4. The third kappa shape index (κ3) is 4.40. The molecule has 0 aliphatic carbocycles. The fourth-order valence-electron chi connectivity index (χ4n) is 4.40. The Morgan fingerprint density at radius 3 is 2.31 bits per heavy atom. The normalized spacial score (nSPS) is 20.2. The minimum absolute atomic E-state index is 0.0817. The van der Waals surface area contributed by atoms with Crippen molar-refractivity contribution < 1.29 is 32.3 Å². The highest BCUT2D eigenvalue weighted by Gasteiger charge is 2.36. The van der Waals surface area contributed by atoms with E-state index in [1.54, 1.807) is 24.3 Å². The summed E-state index contributed by atoms with van der Waals surface area (Å²) in [5, 5.41) is 10.4. The van der Waals surface area contributed by atoms with E-state index in [4.69, 9.17) is 0 Å². The molecule has 1 fully saturated rings. The number of carbonyl (C=O) groups excluding carboxylic acids is 2. The highest BCUT2D eigenvalue weighted by Crippen LogP contribution is 2.34. The van der Waals surface area contributed by atoms with Gasteiger partial charge >= 0.3 is 6.18 Å². The molecule has 2 heterocycles. The van der Waals surface area contributed by atoms with Gasteiger partial charge in [0.25, 0.3) is 11.8 Å². The minimum atomic E-state index is -4.59. The molecule has 2 aliphatic heterocycles. The number of hydrogen-bond donors (Lipinski definition) is 1. The zero-order chi connectivity index (χ0) is 23.0. The number of likely N-dealkylation sites (tertiary alicyclic amines) is 1. The highest BCUT2D eigenvalue weighted by molar-refractivity contribution is 6.21. The highest BCUT2D eigenvalue weighted by atomic mass is 19.4. The number of benzene rings is 2. The number of carbonyl (C=O) groups is 2. The molecule has 9 heteroatoms. The van der Waals surface area contributed by atoms with Gasteiger partial charge in [0.15, 0.2) is 0 Å². The van der Waals surface area contributed by atoms with Crippen molar-refractivity contribution in [2.75, 3.05) is 26.2 Å². The molecule has 0 saturated carbocycles. The molecule has 0 aromatic heterocycles. The molecule has 170 valence electrons. The van der Waals surface area contributed by atoms with Crippen LogP contribution >= 0.6 is 0 Å². The van der Waals surface area contributed by atoms with E-state index in [-0.39, 0.29) is 42.8 Å². The van der Waals surface area contributed by atoms with Crippen LogP contribution in [0.2, 0.25) is 0 Å². The second-order valence-electron chi connectivity index (χ2n) is 8.23. The van der Waals surface area contributed by atoms with Crippen molar-refractivity contribution in [1.29, 1.82) is 0 Å². The summed E-state index contributed by atoms with van der Waals surface area (Å²) in [6.45, 7) is 1.32. The summed E-state index contributed by atoms with van der Waals surface area (Å²) >= 11 is 0. The number of alkyl halides is 3. The number of hydrogen-bond acceptors (Lipinski definition) is 4. The summed E-state index contributed by atoms with van der Waals surface area (Å²) in [4.78, 5) is 27.8. The maximum atomic E-state index is 14.3. The van der Waals surface area contributed by atoms with E-state index in [2.05, 4.69) is 0 Å². The van der Waals surface area contributed by atoms with Crippen molar-refractivity contribution in [3.8, 4) is 0 Å². The molecule has 2 atom stereocenters. The standard InChI is InChI=1S/C23H22F4N2O3/c24-20-11-15(23(25,26)27)5-6-17(20)14-7-9-28(12-14)13-16(30)8-10-29-21(31)18-3-1-2-4-19(18)22(29)32/h1-6,11,14,16,30H,7-10,12-13H2/t14?,16-/m1/s1. The molecule has 32 heavy (non-hydrogen) atoms. The lowest BCUT2D eigenvalue weighted by Crippen LogP contribution is -2.36. The predicted molar refractivity (Wildman–Crippen MR) is 108 cm³/mol. The largest absolute Gasteiger partial charge is 0.416 e. The quantitative estimate of drug-likeness (QED) is 0.539. The van der Waals surface area contributed by atoms with Gasteiger partial charge in [-0.05, 0) is 49.2 Å². The van der Waals surface area contributed by atoms with Gasteiger partial charge in [-0.3, -0.25) is 14.5 Å². The Bertz CT molecular complexity index is 1010. The van der Waals surface area contributed by atoms with Crippen molar-refractivity contribution in [2.45, 2.75) is 31.0 Å². The van der Waals surface area contributed by atoms with Crippen LogP contribution in [-0.4, -0.2) is 59.0 Å². The van der Waals surface area contributed by atoms with Gasteiger partial charge in [-0.1, -0.05) is 18.2 Å². The molecule has 5 nitrogen and oxygen atoms in total. The van der Waals surface area contributed by atoms with Crippen molar-refractivity contribution >= 4 is 11.8 Å². The minimum Gasteiger partial charge on any atom is -0.392 e. The predicted octanol–water partition coefficient (Wildman–Crippen LogP) is 3.68. The Balaban J connectivity index is 1.30. The fraction of sp³-hybridized carbons (Fsp3) is 0.391. The van der Waals surface area contributed by atoms with E-state index >= 15 is 0 Å². The lowest BCUT2D eigenvalue weighted by Gasteiger charge is -2.22. The van der Waals surface area contributed by atoms with Gasteiger partial charge in [0, 0.05) is 25.6 Å². The van der Waals surface area contributed by atoms with Gasteiger partial charge in [-0.25, -0.2) is 4.39 Å². The van der Waals surface area contributed by atoms with E-state index in [1.807, 2.05) is 4.90 Å². The zero-order valence-corrected chi connectivity index (χ0v) is 17.1. The Morgan fingerprint density at radius 1 is 1.06 bits per heavy atom. The number of imide groups is 1. The van der Waals surface area contributed by atoms with Gasteiger partial charge in [0.1, 0.15) is 5.82 Å². The van der Waals surface area contributed by atoms with E-state index in [0.29, 0.717) is 36.7 Å². The van der Waals surface area contributed by atoms with Gasteiger partial charge < -0.3 is 10.0 Å². The lowest BCUT2D eigenvalue weighted by atomic mass is 9.96. The molecule has 0 radical (unpaired) electrons. The van der Waals surface area contributed by atoms with E-state index in [1.165, 1.54) is 6.07 Å². The van der Waals surface area contributed by atoms with Crippen LogP contribution in [0, 0.1) is 5.82 Å². The van der Waals surface area contributed by atoms with Crippen molar-refractivity contribution in [3.63, 3.8) is 0 Å². The van der Waals surface area contributed by atoms with Crippen molar-refractivity contribution in [1.82, 2.24) is 9.80 Å². The number of rotatable bonds is 6.